The molecule has 1 saturated heterocycles. The highest BCUT2D eigenvalue weighted by molar-refractivity contribution is 5.77. The van der Waals surface area contributed by atoms with Crippen molar-refractivity contribution in [3.8, 4) is 11.5 Å². The molecule has 2 aromatic rings. The fraction of sp³-hybridized carbons (Fsp3) is 0.409. The number of nitrogens with two attached hydrogens (primary N) is 1. The van der Waals surface area contributed by atoms with Crippen LogP contribution in [0, 0.1) is 6.92 Å². The van der Waals surface area contributed by atoms with Crippen molar-refractivity contribution in [3.63, 3.8) is 0 Å². The normalized spacial score (nSPS) is 15.4. The lowest BCUT2D eigenvalue weighted by Gasteiger charge is -2.26. The van der Waals surface area contributed by atoms with E-state index >= 15 is 0 Å². The highest BCUT2D eigenvalue weighted by Crippen LogP contribution is 2.26. The van der Waals surface area contributed by atoms with Crippen molar-refractivity contribution < 1.29 is 9.47 Å². The SMILES string of the molecule is Cc1cccc(Oc2ccccc2CN=C(N)NCCCN2CCOCC2)c1. The minimum absolute atomic E-state index is 0.465. The first-order valence-electron chi connectivity index (χ1n) is 9.87. The topological polar surface area (TPSA) is 72.1 Å². The molecule has 1 heterocycles. The van der Waals surface area contributed by atoms with E-state index in [1.165, 1.54) is 5.56 Å². The van der Waals surface area contributed by atoms with Crippen LogP contribution in [-0.4, -0.2) is 50.3 Å². The van der Waals surface area contributed by atoms with Crippen LogP contribution in [0.25, 0.3) is 0 Å². The van der Waals surface area contributed by atoms with Crippen LogP contribution >= 0.6 is 0 Å². The monoisotopic (exact) mass is 382 g/mol. The van der Waals surface area contributed by atoms with E-state index in [1.54, 1.807) is 0 Å². The number of ether oxygens (including phenoxy) is 2. The van der Waals surface area contributed by atoms with E-state index in [0.717, 1.165) is 62.9 Å². The third kappa shape index (κ3) is 6.55. The first-order chi connectivity index (χ1) is 13.7. The van der Waals surface area contributed by atoms with E-state index in [-0.39, 0.29) is 0 Å². The van der Waals surface area contributed by atoms with Gasteiger partial charge in [0, 0.05) is 25.2 Å². The van der Waals surface area contributed by atoms with E-state index < -0.39 is 0 Å². The highest BCUT2D eigenvalue weighted by atomic mass is 16.5. The van der Waals surface area contributed by atoms with Gasteiger partial charge < -0.3 is 20.5 Å². The third-order valence-electron chi connectivity index (χ3n) is 4.67. The Hall–Kier alpha value is -2.57. The van der Waals surface area contributed by atoms with Gasteiger partial charge in [-0.3, -0.25) is 4.90 Å². The maximum atomic E-state index is 6.04. The fourth-order valence-corrected chi connectivity index (χ4v) is 3.11. The molecule has 1 aliphatic rings. The van der Waals surface area contributed by atoms with E-state index in [1.807, 2.05) is 42.5 Å². The number of aryl methyl sites for hydroxylation is 1. The summed E-state index contributed by atoms with van der Waals surface area (Å²) in [5.74, 6) is 2.09. The Morgan fingerprint density at radius 1 is 1.18 bits per heavy atom. The molecule has 3 rings (SSSR count). The largest absolute Gasteiger partial charge is 0.457 e. The summed E-state index contributed by atoms with van der Waals surface area (Å²) < 4.78 is 11.4. The zero-order chi connectivity index (χ0) is 19.6. The van der Waals surface area contributed by atoms with E-state index in [0.29, 0.717) is 12.5 Å². The van der Waals surface area contributed by atoms with Gasteiger partial charge in [-0.05, 0) is 43.7 Å². The zero-order valence-corrected chi connectivity index (χ0v) is 16.6. The van der Waals surface area contributed by atoms with Crippen molar-refractivity contribution in [1.82, 2.24) is 10.2 Å². The Bertz CT molecular complexity index is 773. The summed E-state index contributed by atoms with van der Waals surface area (Å²) in [4.78, 5) is 6.88. The number of morpholine rings is 1. The van der Waals surface area contributed by atoms with E-state index in [2.05, 4.69) is 28.2 Å². The average Bonchev–Trinajstić information content (AvgIpc) is 2.71. The van der Waals surface area contributed by atoms with Crippen molar-refractivity contribution >= 4 is 5.96 Å². The van der Waals surface area contributed by atoms with Gasteiger partial charge in [0.2, 0.25) is 0 Å². The maximum absolute atomic E-state index is 6.04. The van der Waals surface area contributed by atoms with Crippen molar-refractivity contribution in [2.45, 2.75) is 19.9 Å². The lowest BCUT2D eigenvalue weighted by atomic mass is 10.2. The van der Waals surface area contributed by atoms with E-state index in [9.17, 15) is 0 Å². The number of guanidine groups is 1. The second-order valence-corrected chi connectivity index (χ2v) is 6.96. The first-order valence-corrected chi connectivity index (χ1v) is 9.87. The lowest BCUT2D eigenvalue weighted by Crippen LogP contribution is -2.39. The van der Waals surface area contributed by atoms with Gasteiger partial charge in [0.25, 0.3) is 0 Å². The summed E-state index contributed by atoms with van der Waals surface area (Å²) in [7, 11) is 0. The lowest BCUT2D eigenvalue weighted by molar-refractivity contribution is 0.0376. The van der Waals surface area contributed by atoms with Crippen LogP contribution in [-0.2, 0) is 11.3 Å². The van der Waals surface area contributed by atoms with Gasteiger partial charge in [0.15, 0.2) is 5.96 Å². The summed E-state index contributed by atoms with van der Waals surface area (Å²) >= 11 is 0. The number of para-hydroxylation sites is 1. The predicted octanol–water partition coefficient (Wildman–Crippen LogP) is 2.91. The Labute approximate surface area is 167 Å². The van der Waals surface area contributed by atoms with Gasteiger partial charge in [-0.1, -0.05) is 30.3 Å². The Morgan fingerprint density at radius 3 is 2.82 bits per heavy atom. The standard InChI is InChI=1S/C22H30N4O2/c1-18-6-4-8-20(16-18)28-21-9-3-2-7-19(21)17-25-22(23)24-10-5-11-26-12-14-27-15-13-26/h2-4,6-9,16H,5,10-15,17H2,1H3,(H3,23,24,25). The molecular formula is C22H30N4O2. The second kappa shape index (κ2) is 10.7. The Balaban J connectivity index is 1.47. The van der Waals surface area contributed by atoms with Crippen molar-refractivity contribution in [3.05, 3.63) is 59.7 Å². The van der Waals surface area contributed by atoms with Gasteiger partial charge in [-0.25, -0.2) is 4.99 Å². The van der Waals surface area contributed by atoms with E-state index in [4.69, 9.17) is 15.2 Å². The molecule has 0 aliphatic carbocycles. The van der Waals surface area contributed by atoms with Crippen molar-refractivity contribution in [2.24, 2.45) is 10.7 Å². The second-order valence-electron chi connectivity index (χ2n) is 6.96. The summed E-state index contributed by atoms with van der Waals surface area (Å²) in [6.45, 7) is 8.09. The quantitative estimate of drug-likeness (QED) is 0.417. The summed E-state index contributed by atoms with van der Waals surface area (Å²) in [6, 6.07) is 15.9. The number of hydrogen-bond donors (Lipinski definition) is 2. The Morgan fingerprint density at radius 2 is 2.00 bits per heavy atom. The number of nitrogens with one attached hydrogen (secondary N) is 1. The molecule has 1 aliphatic heterocycles. The average molecular weight is 383 g/mol. The number of rotatable bonds is 8. The predicted molar refractivity (Wildman–Crippen MR) is 113 cm³/mol. The summed E-state index contributed by atoms with van der Waals surface area (Å²) in [5, 5.41) is 3.20. The number of hydrogen-bond acceptors (Lipinski definition) is 4. The van der Waals surface area contributed by atoms with Crippen LogP contribution in [0.3, 0.4) is 0 Å². The smallest absolute Gasteiger partial charge is 0.188 e. The molecule has 28 heavy (non-hydrogen) atoms. The van der Waals surface area contributed by atoms with Gasteiger partial charge in [0.05, 0.1) is 19.8 Å². The van der Waals surface area contributed by atoms with Crippen LogP contribution < -0.4 is 15.8 Å². The molecule has 3 N–H and O–H groups in total. The van der Waals surface area contributed by atoms with Crippen molar-refractivity contribution in [2.75, 3.05) is 39.4 Å². The molecule has 6 nitrogen and oxygen atoms in total. The highest BCUT2D eigenvalue weighted by Gasteiger charge is 2.09. The summed E-state index contributed by atoms with van der Waals surface area (Å²) in [5.41, 5.74) is 8.19. The van der Waals surface area contributed by atoms with Crippen LogP contribution in [0.15, 0.2) is 53.5 Å². The molecule has 2 aromatic carbocycles. The zero-order valence-electron chi connectivity index (χ0n) is 16.6. The molecule has 1 fully saturated rings. The van der Waals surface area contributed by atoms with Gasteiger partial charge in [-0.15, -0.1) is 0 Å². The maximum Gasteiger partial charge on any atom is 0.188 e. The minimum Gasteiger partial charge on any atom is -0.457 e. The molecule has 0 unspecified atom stereocenters. The molecule has 6 heteroatoms. The molecule has 150 valence electrons. The van der Waals surface area contributed by atoms with Gasteiger partial charge >= 0.3 is 0 Å². The number of aliphatic imine (C=N–C) groups is 1. The summed E-state index contributed by atoms with van der Waals surface area (Å²) in [6.07, 6.45) is 1.03. The van der Waals surface area contributed by atoms with Crippen LogP contribution in [0.5, 0.6) is 11.5 Å². The molecule has 0 radical (unpaired) electrons. The third-order valence-corrected chi connectivity index (χ3v) is 4.67. The minimum atomic E-state index is 0.465. The molecule has 0 bridgehead atoms. The molecular weight excluding hydrogens is 352 g/mol. The molecule has 0 atom stereocenters. The number of benzene rings is 2. The Kier molecular flexibility index (Phi) is 7.70. The number of nitrogens with zero attached hydrogens (tertiary/aromatic N) is 2. The fourth-order valence-electron chi connectivity index (χ4n) is 3.11. The van der Waals surface area contributed by atoms with Gasteiger partial charge in [-0.2, -0.15) is 0 Å². The van der Waals surface area contributed by atoms with Crippen molar-refractivity contribution in [1.29, 1.82) is 0 Å². The molecule has 0 saturated carbocycles. The molecule has 0 amide bonds. The van der Waals surface area contributed by atoms with Crippen LogP contribution in [0.4, 0.5) is 0 Å². The van der Waals surface area contributed by atoms with Crippen LogP contribution in [0.1, 0.15) is 17.5 Å². The molecule has 0 aromatic heterocycles. The first kappa shape index (κ1) is 20.2. The van der Waals surface area contributed by atoms with Crippen LogP contribution in [0.2, 0.25) is 0 Å². The molecule has 0 spiro atoms. The van der Waals surface area contributed by atoms with Gasteiger partial charge in [0.1, 0.15) is 11.5 Å².